The highest BCUT2D eigenvalue weighted by Gasteiger charge is 2.28. The van der Waals surface area contributed by atoms with Gasteiger partial charge in [-0.15, -0.1) is 0 Å². The van der Waals surface area contributed by atoms with Gasteiger partial charge in [-0.3, -0.25) is 5.32 Å². The summed E-state index contributed by atoms with van der Waals surface area (Å²) in [6.45, 7) is 3.90. The lowest BCUT2D eigenvalue weighted by atomic mass is 10.0. The Morgan fingerprint density at radius 1 is 1.00 bits per heavy atom. The molecule has 0 aliphatic carbocycles. The quantitative estimate of drug-likeness (QED) is 0.776. The van der Waals surface area contributed by atoms with Gasteiger partial charge in [-0.05, 0) is 26.0 Å². The van der Waals surface area contributed by atoms with Gasteiger partial charge in [0.25, 0.3) is 0 Å². The Hall–Kier alpha value is -1.95. The molecular weight excluding hydrogens is 274 g/mol. The van der Waals surface area contributed by atoms with Gasteiger partial charge in [0.15, 0.2) is 11.5 Å². The second-order valence-corrected chi connectivity index (χ2v) is 4.70. The SMILES string of the molecule is COC(=O)C(NC(C)C)c1ccc(OC)c(OC)c1OC. The summed E-state index contributed by atoms with van der Waals surface area (Å²) >= 11 is 0. The lowest BCUT2D eigenvalue weighted by Crippen LogP contribution is -2.34. The second kappa shape index (κ2) is 7.73. The highest BCUT2D eigenvalue weighted by atomic mass is 16.5. The lowest BCUT2D eigenvalue weighted by Gasteiger charge is -2.23. The van der Waals surface area contributed by atoms with E-state index in [0.29, 0.717) is 22.8 Å². The average Bonchev–Trinajstić information content (AvgIpc) is 2.49. The molecule has 0 heterocycles. The predicted molar refractivity (Wildman–Crippen MR) is 79.1 cm³/mol. The van der Waals surface area contributed by atoms with E-state index in [1.54, 1.807) is 19.2 Å². The maximum Gasteiger partial charge on any atom is 0.327 e. The summed E-state index contributed by atoms with van der Waals surface area (Å²) in [5, 5.41) is 3.16. The fourth-order valence-electron chi connectivity index (χ4n) is 2.09. The van der Waals surface area contributed by atoms with E-state index < -0.39 is 12.0 Å². The second-order valence-electron chi connectivity index (χ2n) is 4.70. The Balaban J connectivity index is 3.40. The summed E-state index contributed by atoms with van der Waals surface area (Å²) < 4.78 is 20.9. The van der Waals surface area contributed by atoms with Gasteiger partial charge < -0.3 is 18.9 Å². The number of carbonyl (C=O) groups is 1. The highest BCUT2D eigenvalue weighted by Crippen LogP contribution is 2.42. The van der Waals surface area contributed by atoms with Crippen molar-refractivity contribution < 1.29 is 23.7 Å². The average molecular weight is 297 g/mol. The van der Waals surface area contributed by atoms with Crippen LogP contribution in [0.25, 0.3) is 0 Å². The van der Waals surface area contributed by atoms with Gasteiger partial charge in [0, 0.05) is 11.6 Å². The molecule has 1 unspecified atom stereocenters. The molecule has 0 aliphatic heterocycles. The molecule has 1 N–H and O–H groups in total. The Morgan fingerprint density at radius 3 is 2.05 bits per heavy atom. The van der Waals surface area contributed by atoms with Gasteiger partial charge >= 0.3 is 5.97 Å². The van der Waals surface area contributed by atoms with Gasteiger partial charge in [0.1, 0.15) is 6.04 Å². The molecule has 0 spiro atoms. The van der Waals surface area contributed by atoms with Crippen molar-refractivity contribution >= 4 is 5.97 Å². The van der Waals surface area contributed by atoms with Crippen molar-refractivity contribution in [3.8, 4) is 17.2 Å². The van der Waals surface area contributed by atoms with Crippen LogP contribution in [0.5, 0.6) is 17.2 Å². The molecule has 1 aromatic rings. The third-order valence-electron chi connectivity index (χ3n) is 2.98. The van der Waals surface area contributed by atoms with Gasteiger partial charge in [-0.1, -0.05) is 0 Å². The van der Waals surface area contributed by atoms with Crippen LogP contribution in [0.15, 0.2) is 12.1 Å². The number of carbonyl (C=O) groups excluding carboxylic acids is 1. The Bertz CT molecular complexity index is 487. The van der Waals surface area contributed by atoms with Gasteiger partial charge in [-0.2, -0.15) is 0 Å². The zero-order valence-corrected chi connectivity index (χ0v) is 13.4. The smallest absolute Gasteiger partial charge is 0.327 e. The Kier molecular flexibility index (Phi) is 6.30. The zero-order chi connectivity index (χ0) is 16.0. The van der Waals surface area contributed by atoms with Gasteiger partial charge in [0.2, 0.25) is 5.75 Å². The molecule has 21 heavy (non-hydrogen) atoms. The molecular formula is C15H23NO5. The third-order valence-corrected chi connectivity index (χ3v) is 2.98. The van der Waals surface area contributed by atoms with E-state index in [0.717, 1.165) is 0 Å². The Labute approximate surface area is 125 Å². The number of esters is 1. The van der Waals surface area contributed by atoms with E-state index in [1.807, 2.05) is 13.8 Å². The first-order chi connectivity index (χ1) is 9.99. The van der Waals surface area contributed by atoms with E-state index >= 15 is 0 Å². The highest BCUT2D eigenvalue weighted by molar-refractivity contribution is 5.79. The van der Waals surface area contributed by atoms with Crippen molar-refractivity contribution in [3.63, 3.8) is 0 Å². The van der Waals surface area contributed by atoms with Crippen LogP contribution in [0.1, 0.15) is 25.5 Å². The molecule has 1 atom stereocenters. The van der Waals surface area contributed by atoms with Gasteiger partial charge in [-0.25, -0.2) is 4.79 Å². The first-order valence-electron chi connectivity index (χ1n) is 6.62. The maximum absolute atomic E-state index is 12.1. The summed E-state index contributed by atoms with van der Waals surface area (Å²) in [4.78, 5) is 12.1. The van der Waals surface area contributed by atoms with Crippen molar-refractivity contribution in [3.05, 3.63) is 17.7 Å². The zero-order valence-electron chi connectivity index (χ0n) is 13.4. The summed E-state index contributed by atoms with van der Waals surface area (Å²) in [5.41, 5.74) is 0.635. The summed E-state index contributed by atoms with van der Waals surface area (Å²) in [7, 11) is 5.93. The minimum absolute atomic E-state index is 0.0897. The standard InChI is InChI=1S/C15H23NO5/c1-9(2)16-12(15(17)21-6)10-7-8-11(18-3)14(20-5)13(10)19-4/h7-9,12,16H,1-6H3. The van der Waals surface area contributed by atoms with E-state index in [1.165, 1.54) is 21.3 Å². The number of nitrogens with one attached hydrogen (secondary N) is 1. The van der Waals surface area contributed by atoms with Crippen LogP contribution in [-0.2, 0) is 9.53 Å². The van der Waals surface area contributed by atoms with E-state index in [4.69, 9.17) is 18.9 Å². The van der Waals surface area contributed by atoms with Crippen LogP contribution in [-0.4, -0.2) is 40.5 Å². The van der Waals surface area contributed by atoms with Crippen molar-refractivity contribution in [1.29, 1.82) is 0 Å². The van der Waals surface area contributed by atoms with Crippen molar-refractivity contribution in [2.75, 3.05) is 28.4 Å². The van der Waals surface area contributed by atoms with E-state index in [2.05, 4.69) is 5.32 Å². The third kappa shape index (κ3) is 3.78. The van der Waals surface area contributed by atoms with Crippen LogP contribution in [0.4, 0.5) is 0 Å². The van der Waals surface area contributed by atoms with Crippen LogP contribution in [0.3, 0.4) is 0 Å². The molecule has 0 radical (unpaired) electrons. The predicted octanol–water partition coefficient (Wildman–Crippen LogP) is 1.92. The first-order valence-corrected chi connectivity index (χ1v) is 6.62. The molecule has 0 saturated heterocycles. The molecule has 0 bridgehead atoms. The van der Waals surface area contributed by atoms with Gasteiger partial charge in [0.05, 0.1) is 28.4 Å². The largest absolute Gasteiger partial charge is 0.493 e. The number of ether oxygens (including phenoxy) is 4. The molecule has 6 nitrogen and oxygen atoms in total. The molecule has 0 aliphatic rings. The number of benzene rings is 1. The van der Waals surface area contributed by atoms with Crippen LogP contribution in [0, 0.1) is 0 Å². The first kappa shape index (κ1) is 17.1. The van der Waals surface area contributed by atoms with Crippen LogP contribution in [0.2, 0.25) is 0 Å². The molecule has 6 heteroatoms. The molecule has 0 amide bonds. The van der Waals surface area contributed by atoms with Crippen molar-refractivity contribution in [2.24, 2.45) is 0 Å². The minimum atomic E-state index is -0.648. The molecule has 0 saturated carbocycles. The molecule has 0 aromatic heterocycles. The summed E-state index contributed by atoms with van der Waals surface area (Å²) in [6, 6.07) is 2.93. The monoisotopic (exact) mass is 297 g/mol. The van der Waals surface area contributed by atoms with Crippen molar-refractivity contribution in [2.45, 2.75) is 25.9 Å². The van der Waals surface area contributed by atoms with E-state index in [-0.39, 0.29) is 6.04 Å². The van der Waals surface area contributed by atoms with E-state index in [9.17, 15) is 4.79 Å². The molecule has 118 valence electrons. The lowest BCUT2D eigenvalue weighted by molar-refractivity contribution is -0.143. The Morgan fingerprint density at radius 2 is 1.62 bits per heavy atom. The number of hydrogen-bond donors (Lipinski definition) is 1. The van der Waals surface area contributed by atoms with Crippen LogP contribution >= 0.6 is 0 Å². The fourth-order valence-corrected chi connectivity index (χ4v) is 2.09. The number of rotatable bonds is 7. The molecule has 1 aromatic carbocycles. The van der Waals surface area contributed by atoms with Crippen LogP contribution < -0.4 is 19.5 Å². The minimum Gasteiger partial charge on any atom is -0.493 e. The summed E-state index contributed by atoms with van der Waals surface area (Å²) in [5.74, 6) is 1.03. The molecule has 0 fully saturated rings. The molecule has 1 rings (SSSR count). The normalized spacial score (nSPS) is 12.0. The maximum atomic E-state index is 12.1. The topological polar surface area (TPSA) is 66.0 Å². The number of hydrogen-bond acceptors (Lipinski definition) is 6. The fraction of sp³-hybridized carbons (Fsp3) is 0.533. The summed E-state index contributed by atoms with van der Waals surface area (Å²) in [6.07, 6.45) is 0. The van der Waals surface area contributed by atoms with Crippen molar-refractivity contribution in [1.82, 2.24) is 5.32 Å². The number of methoxy groups -OCH3 is 4.